The van der Waals surface area contributed by atoms with E-state index in [1.165, 1.54) is 11.1 Å². The zero-order valence-corrected chi connectivity index (χ0v) is 8.00. The van der Waals surface area contributed by atoms with Crippen molar-refractivity contribution in [3.05, 3.63) is 60.7 Å². The van der Waals surface area contributed by atoms with Crippen molar-refractivity contribution < 1.29 is 0 Å². The fraction of sp³-hybridized carbons (Fsp3) is 0.231. The van der Waals surface area contributed by atoms with Gasteiger partial charge >= 0.3 is 0 Å². The Morgan fingerprint density at radius 2 is 1.92 bits per heavy atom. The van der Waals surface area contributed by atoms with Gasteiger partial charge in [0.05, 0.1) is 0 Å². The summed E-state index contributed by atoms with van der Waals surface area (Å²) in [6.45, 7) is 7.74. The Morgan fingerprint density at radius 1 is 1.23 bits per heavy atom. The molecule has 0 unspecified atom stereocenters. The van der Waals surface area contributed by atoms with Crippen LogP contribution < -0.4 is 0 Å². The monoisotopic (exact) mass is 172 g/mol. The summed E-state index contributed by atoms with van der Waals surface area (Å²) < 4.78 is 0. The fourth-order valence-electron chi connectivity index (χ4n) is 1.28. The molecule has 1 rings (SSSR count). The molecule has 0 aliphatic carbocycles. The Balaban J connectivity index is 2.41. The van der Waals surface area contributed by atoms with Gasteiger partial charge in [0, 0.05) is 0 Å². The normalized spacial score (nSPS) is 9.54. The first-order valence-corrected chi connectivity index (χ1v) is 4.64. The Kier molecular flexibility index (Phi) is 4.04. The smallest absolute Gasteiger partial charge is 0.00697 e. The van der Waals surface area contributed by atoms with Crippen molar-refractivity contribution in [3.8, 4) is 0 Å². The van der Waals surface area contributed by atoms with E-state index in [2.05, 4.69) is 37.4 Å². The maximum atomic E-state index is 4.04. The molecule has 0 heteroatoms. The van der Waals surface area contributed by atoms with Gasteiger partial charge in [-0.15, -0.1) is 6.58 Å². The molecule has 0 heterocycles. The number of benzene rings is 1. The maximum Gasteiger partial charge on any atom is -0.00697 e. The third-order valence-electron chi connectivity index (χ3n) is 2.00. The highest BCUT2D eigenvalue weighted by Gasteiger charge is 1.95. The molecule has 0 aliphatic heterocycles. The van der Waals surface area contributed by atoms with Crippen molar-refractivity contribution in [1.82, 2.24) is 0 Å². The van der Waals surface area contributed by atoms with Gasteiger partial charge in [0.25, 0.3) is 0 Å². The van der Waals surface area contributed by atoms with E-state index in [0.29, 0.717) is 0 Å². The largest absolute Gasteiger partial charge is 0.103 e. The third-order valence-corrected chi connectivity index (χ3v) is 2.00. The molecule has 0 saturated heterocycles. The third kappa shape index (κ3) is 3.75. The first-order chi connectivity index (χ1) is 6.33. The van der Waals surface area contributed by atoms with Crippen molar-refractivity contribution in [2.45, 2.75) is 19.3 Å². The predicted molar refractivity (Wildman–Crippen MR) is 58.7 cm³/mol. The second-order valence-electron chi connectivity index (χ2n) is 3.24. The van der Waals surface area contributed by atoms with Crippen LogP contribution in [0.1, 0.15) is 18.4 Å². The van der Waals surface area contributed by atoms with Crippen LogP contribution in [0.2, 0.25) is 0 Å². The molecule has 0 spiro atoms. The molecule has 1 aromatic rings. The molecule has 0 amide bonds. The van der Waals surface area contributed by atoms with Crippen LogP contribution in [0.4, 0.5) is 0 Å². The van der Waals surface area contributed by atoms with Gasteiger partial charge in [0.1, 0.15) is 0 Å². The van der Waals surface area contributed by atoms with Crippen LogP contribution in [0.15, 0.2) is 55.1 Å². The first kappa shape index (κ1) is 9.79. The number of hydrogen-bond donors (Lipinski definition) is 0. The van der Waals surface area contributed by atoms with Gasteiger partial charge in [-0.05, 0) is 24.8 Å². The average molecular weight is 172 g/mol. The first-order valence-electron chi connectivity index (χ1n) is 4.64. The van der Waals surface area contributed by atoms with Crippen molar-refractivity contribution in [1.29, 1.82) is 0 Å². The van der Waals surface area contributed by atoms with Crippen LogP contribution in [0, 0.1) is 0 Å². The number of hydrogen-bond acceptors (Lipinski definition) is 0. The van der Waals surface area contributed by atoms with Gasteiger partial charge in [0.2, 0.25) is 0 Å². The summed E-state index contributed by atoms with van der Waals surface area (Å²) in [7, 11) is 0. The summed E-state index contributed by atoms with van der Waals surface area (Å²) in [5.41, 5.74) is 2.63. The molecule has 0 fully saturated rings. The van der Waals surface area contributed by atoms with E-state index < -0.39 is 0 Å². The molecule has 0 atom stereocenters. The second-order valence-corrected chi connectivity index (χ2v) is 3.24. The lowest BCUT2D eigenvalue weighted by atomic mass is 10.0. The fourth-order valence-corrected chi connectivity index (χ4v) is 1.28. The summed E-state index contributed by atoms with van der Waals surface area (Å²) in [4.78, 5) is 0. The van der Waals surface area contributed by atoms with E-state index in [1.807, 2.05) is 12.1 Å². The minimum absolute atomic E-state index is 0.995. The van der Waals surface area contributed by atoms with Crippen LogP contribution in [-0.4, -0.2) is 0 Å². The standard InChI is InChI=1S/C13H16/c1-3-4-8-12(2)11-13-9-6-5-7-10-13/h3,5-7,9-10H,1-2,4,8,11H2. The van der Waals surface area contributed by atoms with Gasteiger partial charge in [-0.25, -0.2) is 0 Å². The molecule has 0 N–H and O–H groups in total. The lowest BCUT2D eigenvalue weighted by molar-refractivity contribution is 0.933. The number of rotatable bonds is 5. The highest BCUT2D eigenvalue weighted by Crippen LogP contribution is 2.10. The molecule has 0 nitrogen and oxygen atoms in total. The number of allylic oxidation sites excluding steroid dienone is 2. The Labute approximate surface area is 80.6 Å². The second kappa shape index (κ2) is 5.36. The van der Waals surface area contributed by atoms with E-state index in [-0.39, 0.29) is 0 Å². The molecule has 0 aliphatic rings. The van der Waals surface area contributed by atoms with Gasteiger partial charge in [-0.1, -0.05) is 48.6 Å². The van der Waals surface area contributed by atoms with Crippen LogP contribution >= 0.6 is 0 Å². The van der Waals surface area contributed by atoms with Gasteiger partial charge in [0.15, 0.2) is 0 Å². The lowest BCUT2D eigenvalue weighted by Crippen LogP contribution is -1.88. The summed E-state index contributed by atoms with van der Waals surface area (Å²) in [5, 5.41) is 0. The van der Waals surface area contributed by atoms with Crippen LogP contribution in [0.5, 0.6) is 0 Å². The van der Waals surface area contributed by atoms with E-state index in [9.17, 15) is 0 Å². The molecule has 0 aromatic heterocycles. The zero-order chi connectivity index (χ0) is 9.52. The van der Waals surface area contributed by atoms with E-state index >= 15 is 0 Å². The van der Waals surface area contributed by atoms with Crippen molar-refractivity contribution in [2.75, 3.05) is 0 Å². The lowest BCUT2D eigenvalue weighted by Gasteiger charge is -2.03. The quantitative estimate of drug-likeness (QED) is 0.593. The van der Waals surface area contributed by atoms with E-state index in [0.717, 1.165) is 19.3 Å². The van der Waals surface area contributed by atoms with Crippen molar-refractivity contribution >= 4 is 0 Å². The minimum atomic E-state index is 0.995. The predicted octanol–water partition coefficient (Wildman–Crippen LogP) is 3.75. The SMILES string of the molecule is C=CCCC(=C)Cc1ccccc1. The molecule has 0 radical (unpaired) electrons. The molecule has 1 aromatic carbocycles. The Hall–Kier alpha value is -1.30. The average Bonchev–Trinajstić information content (AvgIpc) is 2.16. The van der Waals surface area contributed by atoms with Crippen LogP contribution in [0.3, 0.4) is 0 Å². The Bertz CT molecular complexity index is 269. The molecular formula is C13H16. The van der Waals surface area contributed by atoms with Crippen molar-refractivity contribution in [2.24, 2.45) is 0 Å². The molecule has 0 bridgehead atoms. The molecule has 68 valence electrons. The molecule has 13 heavy (non-hydrogen) atoms. The zero-order valence-electron chi connectivity index (χ0n) is 8.00. The van der Waals surface area contributed by atoms with Gasteiger partial charge in [-0.3, -0.25) is 0 Å². The van der Waals surface area contributed by atoms with Gasteiger partial charge in [-0.2, -0.15) is 0 Å². The van der Waals surface area contributed by atoms with E-state index in [4.69, 9.17) is 0 Å². The van der Waals surface area contributed by atoms with Crippen molar-refractivity contribution in [3.63, 3.8) is 0 Å². The summed E-state index contributed by atoms with van der Waals surface area (Å²) >= 11 is 0. The van der Waals surface area contributed by atoms with Gasteiger partial charge < -0.3 is 0 Å². The summed E-state index contributed by atoms with van der Waals surface area (Å²) in [5.74, 6) is 0. The minimum Gasteiger partial charge on any atom is -0.103 e. The van der Waals surface area contributed by atoms with Crippen LogP contribution in [-0.2, 0) is 6.42 Å². The van der Waals surface area contributed by atoms with Crippen LogP contribution in [0.25, 0.3) is 0 Å². The molecule has 0 saturated carbocycles. The highest BCUT2D eigenvalue weighted by atomic mass is 14.0. The maximum absolute atomic E-state index is 4.04. The Morgan fingerprint density at radius 3 is 2.54 bits per heavy atom. The molecular weight excluding hydrogens is 156 g/mol. The summed E-state index contributed by atoms with van der Waals surface area (Å²) in [6, 6.07) is 10.4. The highest BCUT2D eigenvalue weighted by molar-refractivity contribution is 5.20. The topological polar surface area (TPSA) is 0 Å². The van der Waals surface area contributed by atoms with E-state index in [1.54, 1.807) is 0 Å². The summed E-state index contributed by atoms with van der Waals surface area (Å²) in [6.07, 6.45) is 5.02.